The summed E-state index contributed by atoms with van der Waals surface area (Å²) < 4.78 is 5.16. The molecule has 3 rings (SSSR count). The number of methoxy groups -OCH3 is 1. The highest BCUT2D eigenvalue weighted by Crippen LogP contribution is 2.24. The Morgan fingerprint density at radius 2 is 2.20 bits per heavy atom. The van der Waals surface area contributed by atoms with Gasteiger partial charge in [-0.3, -0.25) is 0 Å². The third kappa shape index (κ3) is 2.53. The molecule has 0 saturated carbocycles. The Balaban J connectivity index is 1.73. The smallest absolute Gasteiger partial charge is 0.228 e. The van der Waals surface area contributed by atoms with Crippen molar-refractivity contribution in [2.75, 3.05) is 36.5 Å². The van der Waals surface area contributed by atoms with Crippen molar-refractivity contribution in [1.82, 2.24) is 15.0 Å². The molecule has 1 atom stereocenters. The number of rotatable bonds is 3. The van der Waals surface area contributed by atoms with Crippen molar-refractivity contribution in [1.29, 1.82) is 0 Å². The number of thiazole rings is 1. The Bertz CT molecular complexity index is 562. The highest BCUT2D eigenvalue weighted by atomic mass is 32.1. The summed E-state index contributed by atoms with van der Waals surface area (Å²) in [6.45, 7) is 4.90. The highest BCUT2D eigenvalue weighted by molar-refractivity contribution is 7.13. The zero-order chi connectivity index (χ0) is 13.9. The monoisotopic (exact) mass is 291 g/mol. The zero-order valence-electron chi connectivity index (χ0n) is 11.6. The van der Waals surface area contributed by atoms with Crippen molar-refractivity contribution >= 4 is 22.4 Å². The molecular weight excluding hydrogens is 274 g/mol. The molecule has 0 amide bonds. The second-order valence-corrected chi connectivity index (χ2v) is 5.58. The molecular formula is C13H17N5OS. The van der Waals surface area contributed by atoms with Crippen LogP contribution >= 0.6 is 11.3 Å². The molecule has 0 spiro atoms. The standard InChI is InChI=1S/C13H17N5OS/c1-10-9-17(12-14-4-3-11(16-12)19-2)6-7-18(10)13-15-5-8-20-13/h3-5,8,10H,6-7,9H2,1-2H3/t10-/m0/s1. The first-order valence-electron chi connectivity index (χ1n) is 6.56. The van der Waals surface area contributed by atoms with Crippen LogP contribution in [0.15, 0.2) is 23.8 Å². The first-order chi connectivity index (χ1) is 9.78. The minimum Gasteiger partial charge on any atom is -0.481 e. The second kappa shape index (κ2) is 5.62. The summed E-state index contributed by atoms with van der Waals surface area (Å²) in [5, 5.41) is 3.10. The van der Waals surface area contributed by atoms with Crippen molar-refractivity contribution in [3.63, 3.8) is 0 Å². The molecule has 20 heavy (non-hydrogen) atoms. The lowest BCUT2D eigenvalue weighted by Crippen LogP contribution is -2.52. The van der Waals surface area contributed by atoms with E-state index in [9.17, 15) is 0 Å². The van der Waals surface area contributed by atoms with Gasteiger partial charge >= 0.3 is 0 Å². The van der Waals surface area contributed by atoms with Crippen LogP contribution < -0.4 is 14.5 Å². The molecule has 3 heterocycles. The Hall–Kier alpha value is -1.89. The molecule has 0 bridgehead atoms. The molecule has 1 saturated heterocycles. The SMILES string of the molecule is COc1ccnc(N2CCN(c3nccs3)[C@@H](C)C2)n1. The highest BCUT2D eigenvalue weighted by Gasteiger charge is 2.26. The molecule has 6 nitrogen and oxygen atoms in total. The topological polar surface area (TPSA) is 54.4 Å². The van der Waals surface area contributed by atoms with Crippen molar-refractivity contribution in [2.24, 2.45) is 0 Å². The summed E-state index contributed by atoms with van der Waals surface area (Å²) in [4.78, 5) is 17.7. The summed E-state index contributed by atoms with van der Waals surface area (Å²) in [6, 6.07) is 2.14. The minimum absolute atomic E-state index is 0.379. The van der Waals surface area contributed by atoms with E-state index < -0.39 is 0 Å². The molecule has 106 valence electrons. The number of anilines is 2. The lowest BCUT2D eigenvalue weighted by Gasteiger charge is -2.39. The van der Waals surface area contributed by atoms with Gasteiger partial charge in [0.2, 0.25) is 11.8 Å². The van der Waals surface area contributed by atoms with Gasteiger partial charge < -0.3 is 14.5 Å². The first-order valence-corrected chi connectivity index (χ1v) is 7.44. The van der Waals surface area contributed by atoms with Gasteiger partial charge in [0.1, 0.15) is 0 Å². The molecule has 1 aliphatic rings. The quantitative estimate of drug-likeness (QED) is 0.857. The molecule has 1 aliphatic heterocycles. The maximum absolute atomic E-state index is 5.16. The van der Waals surface area contributed by atoms with Crippen LogP contribution in [0.1, 0.15) is 6.92 Å². The van der Waals surface area contributed by atoms with E-state index in [-0.39, 0.29) is 0 Å². The van der Waals surface area contributed by atoms with Crippen LogP contribution in [0, 0.1) is 0 Å². The number of ether oxygens (including phenoxy) is 1. The zero-order valence-corrected chi connectivity index (χ0v) is 12.4. The molecule has 2 aromatic heterocycles. The third-order valence-electron chi connectivity index (χ3n) is 3.40. The third-order valence-corrected chi connectivity index (χ3v) is 4.21. The maximum Gasteiger partial charge on any atom is 0.228 e. The molecule has 2 aromatic rings. The summed E-state index contributed by atoms with van der Waals surface area (Å²) >= 11 is 1.68. The van der Waals surface area contributed by atoms with Gasteiger partial charge in [0, 0.05) is 49.5 Å². The van der Waals surface area contributed by atoms with E-state index in [2.05, 4.69) is 31.7 Å². The van der Waals surface area contributed by atoms with Gasteiger partial charge in [-0.15, -0.1) is 11.3 Å². The minimum atomic E-state index is 0.379. The van der Waals surface area contributed by atoms with Crippen molar-refractivity contribution < 1.29 is 4.74 Å². The average molecular weight is 291 g/mol. The van der Waals surface area contributed by atoms with E-state index in [1.54, 1.807) is 30.7 Å². The Kier molecular flexibility index (Phi) is 3.68. The number of piperazine rings is 1. The number of nitrogens with zero attached hydrogens (tertiary/aromatic N) is 5. The van der Waals surface area contributed by atoms with Crippen LogP contribution in [0.2, 0.25) is 0 Å². The van der Waals surface area contributed by atoms with Crippen LogP contribution in [0.4, 0.5) is 11.1 Å². The summed E-state index contributed by atoms with van der Waals surface area (Å²) in [6.07, 6.45) is 3.59. The fraction of sp³-hybridized carbons (Fsp3) is 0.462. The van der Waals surface area contributed by atoms with Gasteiger partial charge in [0.05, 0.1) is 7.11 Å². The molecule has 0 unspecified atom stereocenters. The van der Waals surface area contributed by atoms with Gasteiger partial charge in [-0.25, -0.2) is 9.97 Å². The number of aromatic nitrogens is 3. The average Bonchev–Trinajstić information content (AvgIpc) is 3.01. The molecule has 7 heteroatoms. The van der Waals surface area contributed by atoms with E-state index in [0.717, 1.165) is 30.7 Å². The van der Waals surface area contributed by atoms with Crippen LogP contribution in [-0.2, 0) is 0 Å². The molecule has 0 aromatic carbocycles. The second-order valence-electron chi connectivity index (χ2n) is 4.70. The Morgan fingerprint density at radius 1 is 1.30 bits per heavy atom. The first kappa shape index (κ1) is 13.1. The van der Waals surface area contributed by atoms with Crippen molar-refractivity contribution in [2.45, 2.75) is 13.0 Å². The van der Waals surface area contributed by atoms with Gasteiger partial charge in [-0.1, -0.05) is 0 Å². The van der Waals surface area contributed by atoms with Crippen LogP contribution in [-0.4, -0.2) is 47.7 Å². The van der Waals surface area contributed by atoms with Crippen molar-refractivity contribution in [3.05, 3.63) is 23.8 Å². The Morgan fingerprint density at radius 3 is 2.90 bits per heavy atom. The van der Waals surface area contributed by atoms with Crippen LogP contribution in [0.5, 0.6) is 5.88 Å². The van der Waals surface area contributed by atoms with E-state index in [4.69, 9.17) is 4.74 Å². The van der Waals surface area contributed by atoms with E-state index in [1.165, 1.54) is 0 Å². The van der Waals surface area contributed by atoms with Gasteiger partial charge in [-0.05, 0) is 6.92 Å². The summed E-state index contributed by atoms with van der Waals surface area (Å²) in [7, 11) is 1.62. The predicted octanol–water partition coefficient (Wildman–Crippen LogP) is 1.66. The fourth-order valence-corrected chi connectivity index (χ4v) is 3.15. The predicted molar refractivity (Wildman–Crippen MR) is 79.7 cm³/mol. The molecule has 0 N–H and O–H groups in total. The summed E-state index contributed by atoms with van der Waals surface area (Å²) in [5.74, 6) is 1.33. The maximum atomic E-state index is 5.16. The Labute approximate surface area is 122 Å². The number of hydrogen-bond acceptors (Lipinski definition) is 7. The molecule has 1 fully saturated rings. The summed E-state index contributed by atoms with van der Waals surface area (Å²) in [5.41, 5.74) is 0. The van der Waals surface area contributed by atoms with E-state index in [0.29, 0.717) is 11.9 Å². The van der Waals surface area contributed by atoms with Crippen LogP contribution in [0.25, 0.3) is 0 Å². The van der Waals surface area contributed by atoms with E-state index >= 15 is 0 Å². The lowest BCUT2D eigenvalue weighted by atomic mass is 10.2. The largest absolute Gasteiger partial charge is 0.481 e. The normalized spacial score (nSPS) is 19.2. The van der Waals surface area contributed by atoms with Crippen molar-refractivity contribution in [3.8, 4) is 5.88 Å². The van der Waals surface area contributed by atoms with Gasteiger partial charge in [-0.2, -0.15) is 4.98 Å². The van der Waals surface area contributed by atoms with Crippen LogP contribution in [0.3, 0.4) is 0 Å². The van der Waals surface area contributed by atoms with Gasteiger partial charge in [0.25, 0.3) is 0 Å². The van der Waals surface area contributed by atoms with Gasteiger partial charge in [0.15, 0.2) is 5.13 Å². The van der Waals surface area contributed by atoms with E-state index in [1.807, 2.05) is 11.6 Å². The fourth-order valence-electron chi connectivity index (χ4n) is 2.38. The molecule has 0 radical (unpaired) electrons. The lowest BCUT2D eigenvalue weighted by molar-refractivity contribution is 0.396. The molecule has 0 aliphatic carbocycles. The number of hydrogen-bond donors (Lipinski definition) is 0.